The Balaban J connectivity index is 2.22. The lowest BCUT2D eigenvalue weighted by molar-refractivity contribution is 0.0593. The Labute approximate surface area is 99.2 Å². The first-order chi connectivity index (χ1) is 8.08. The van der Waals surface area contributed by atoms with E-state index in [-0.39, 0.29) is 17.5 Å². The molecular formula is C13H15FO3. The van der Waals surface area contributed by atoms with Gasteiger partial charge in [-0.1, -0.05) is 0 Å². The second-order valence-electron chi connectivity index (χ2n) is 4.35. The van der Waals surface area contributed by atoms with E-state index < -0.39 is 11.9 Å². The average molecular weight is 238 g/mol. The van der Waals surface area contributed by atoms with Gasteiger partial charge in [0.1, 0.15) is 17.7 Å². The molecule has 1 fully saturated rings. The summed E-state index contributed by atoms with van der Waals surface area (Å²) >= 11 is 0. The van der Waals surface area contributed by atoms with Crippen molar-refractivity contribution in [2.45, 2.75) is 38.4 Å². The zero-order valence-corrected chi connectivity index (χ0v) is 9.65. The number of ketones is 1. The van der Waals surface area contributed by atoms with E-state index in [0.29, 0.717) is 12.2 Å². The molecule has 1 aliphatic carbocycles. The minimum absolute atomic E-state index is 0.226. The molecule has 4 heteroatoms. The molecule has 92 valence electrons. The Bertz CT molecular complexity index is 431. The van der Waals surface area contributed by atoms with Crippen LogP contribution in [0.5, 0.6) is 5.75 Å². The summed E-state index contributed by atoms with van der Waals surface area (Å²) in [6.45, 7) is 1.37. The molecule has 0 bridgehead atoms. The van der Waals surface area contributed by atoms with Crippen molar-refractivity contribution in [1.82, 2.24) is 0 Å². The fraction of sp³-hybridized carbons (Fsp3) is 0.462. The van der Waals surface area contributed by atoms with E-state index in [9.17, 15) is 14.3 Å². The Morgan fingerprint density at radius 2 is 2.24 bits per heavy atom. The molecule has 1 N–H and O–H groups in total. The Kier molecular flexibility index (Phi) is 3.43. The number of carbonyl (C=O) groups excluding carboxylic acids is 1. The van der Waals surface area contributed by atoms with Crippen LogP contribution < -0.4 is 4.74 Å². The molecule has 0 amide bonds. The summed E-state index contributed by atoms with van der Waals surface area (Å²) < 4.78 is 18.6. The quantitative estimate of drug-likeness (QED) is 0.822. The molecule has 1 aliphatic rings. The summed E-state index contributed by atoms with van der Waals surface area (Å²) in [6, 6.07) is 3.86. The average Bonchev–Trinajstić information content (AvgIpc) is 2.67. The van der Waals surface area contributed by atoms with Gasteiger partial charge in [-0.3, -0.25) is 4.79 Å². The highest BCUT2D eigenvalue weighted by atomic mass is 19.1. The van der Waals surface area contributed by atoms with Gasteiger partial charge >= 0.3 is 0 Å². The fourth-order valence-corrected chi connectivity index (χ4v) is 2.09. The Morgan fingerprint density at radius 3 is 2.82 bits per heavy atom. The van der Waals surface area contributed by atoms with E-state index in [1.165, 1.54) is 25.1 Å². The molecule has 3 nitrogen and oxygen atoms in total. The minimum atomic E-state index is -0.500. The molecule has 0 saturated heterocycles. The molecule has 0 aliphatic heterocycles. The lowest BCUT2D eigenvalue weighted by Gasteiger charge is -2.18. The third-order valence-electron chi connectivity index (χ3n) is 3.02. The first-order valence-electron chi connectivity index (χ1n) is 5.73. The molecule has 0 aromatic heterocycles. The molecule has 2 rings (SSSR count). The van der Waals surface area contributed by atoms with Crippen LogP contribution in [0, 0.1) is 5.82 Å². The van der Waals surface area contributed by atoms with Crippen LogP contribution in [0.4, 0.5) is 4.39 Å². The molecule has 1 aromatic rings. The van der Waals surface area contributed by atoms with Crippen molar-refractivity contribution in [3.05, 3.63) is 29.6 Å². The maximum atomic E-state index is 13.0. The van der Waals surface area contributed by atoms with E-state index in [2.05, 4.69) is 0 Å². The van der Waals surface area contributed by atoms with Crippen LogP contribution in [0.25, 0.3) is 0 Å². The van der Waals surface area contributed by atoms with Crippen LogP contribution >= 0.6 is 0 Å². The number of hydrogen-bond donors (Lipinski definition) is 1. The number of benzene rings is 1. The molecule has 0 spiro atoms. The van der Waals surface area contributed by atoms with Gasteiger partial charge in [0, 0.05) is 0 Å². The largest absolute Gasteiger partial charge is 0.487 e. The molecule has 1 saturated carbocycles. The summed E-state index contributed by atoms with van der Waals surface area (Å²) in [7, 11) is 0. The van der Waals surface area contributed by atoms with E-state index >= 15 is 0 Å². The molecule has 17 heavy (non-hydrogen) atoms. The third kappa shape index (κ3) is 2.64. The smallest absolute Gasteiger partial charge is 0.163 e. The molecule has 1 aromatic carbocycles. The highest BCUT2D eigenvalue weighted by Gasteiger charge is 2.27. The van der Waals surface area contributed by atoms with Crippen molar-refractivity contribution in [3.8, 4) is 5.75 Å². The summed E-state index contributed by atoms with van der Waals surface area (Å²) in [5.41, 5.74) is 0.226. The van der Waals surface area contributed by atoms with Gasteiger partial charge in [0.15, 0.2) is 5.78 Å². The zero-order chi connectivity index (χ0) is 12.4. The lowest BCUT2D eigenvalue weighted by Crippen LogP contribution is -2.26. The van der Waals surface area contributed by atoms with Gasteiger partial charge < -0.3 is 9.84 Å². The fourth-order valence-electron chi connectivity index (χ4n) is 2.09. The molecular weight excluding hydrogens is 223 g/mol. The monoisotopic (exact) mass is 238 g/mol. The first-order valence-corrected chi connectivity index (χ1v) is 5.73. The lowest BCUT2D eigenvalue weighted by atomic mass is 10.1. The maximum absolute atomic E-state index is 13.0. The standard InChI is InChI=1S/C13H15FO3/c1-8(15)10-7-9(14)5-6-12(10)17-13-4-2-3-11(13)16/h5-7,11,13,16H,2-4H2,1H3. The number of carbonyl (C=O) groups is 1. The number of halogens is 1. The summed E-state index contributed by atoms with van der Waals surface area (Å²) in [5.74, 6) is -0.355. The number of Topliss-reactive ketones (excluding diaryl/α,β-unsaturated/α-hetero) is 1. The number of hydrogen-bond acceptors (Lipinski definition) is 3. The highest BCUT2D eigenvalue weighted by Crippen LogP contribution is 2.27. The van der Waals surface area contributed by atoms with Gasteiger partial charge in [-0.05, 0) is 44.4 Å². The van der Waals surface area contributed by atoms with Crippen molar-refractivity contribution in [3.63, 3.8) is 0 Å². The summed E-state index contributed by atoms with van der Waals surface area (Å²) in [5, 5.41) is 9.65. The summed E-state index contributed by atoms with van der Waals surface area (Å²) in [4.78, 5) is 11.4. The van der Waals surface area contributed by atoms with E-state index in [1.807, 2.05) is 0 Å². The number of rotatable bonds is 3. The van der Waals surface area contributed by atoms with E-state index in [0.717, 1.165) is 12.8 Å². The van der Waals surface area contributed by atoms with Gasteiger partial charge in [-0.15, -0.1) is 0 Å². The van der Waals surface area contributed by atoms with Crippen LogP contribution in [0.1, 0.15) is 36.5 Å². The topological polar surface area (TPSA) is 46.5 Å². The highest BCUT2D eigenvalue weighted by molar-refractivity contribution is 5.96. The SMILES string of the molecule is CC(=O)c1cc(F)ccc1OC1CCCC1O. The van der Waals surface area contributed by atoms with Crippen molar-refractivity contribution in [2.24, 2.45) is 0 Å². The molecule has 2 unspecified atom stereocenters. The second kappa shape index (κ2) is 4.84. The van der Waals surface area contributed by atoms with Crippen LogP contribution in [0.3, 0.4) is 0 Å². The normalized spacial score (nSPS) is 23.7. The maximum Gasteiger partial charge on any atom is 0.163 e. The first kappa shape index (κ1) is 12.0. The van der Waals surface area contributed by atoms with Gasteiger partial charge in [0.2, 0.25) is 0 Å². The minimum Gasteiger partial charge on any atom is -0.487 e. The van der Waals surface area contributed by atoms with Crippen molar-refractivity contribution in [1.29, 1.82) is 0 Å². The van der Waals surface area contributed by atoms with Crippen molar-refractivity contribution in [2.75, 3.05) is 0 Å². The van der Waals surface area contributed by atoms with E-state index in [4.69, 9.17) is 4.74 Å². The molecule has 0 heterocycles. The Morgan fingerprint density at radius 1 is 1.47 bits per heavy atom. The second-order valence-corrected chi connectivity index (χ2v) is 4.35. The summed E-state index contributed by atoms with van der Waals surface area (Å²) in [6.07, 6.45) is 1.58. The number of aliphatic hydroxyl groups is 1. The van der Waals surface area contributed by atoms with Crippen LogP contribution in [0.2, 0.25) is 0 Å². The zero-order valence-electron chi connectivity index (χ0n) is 9.65. The van der Waals surface area contributed by atoms with Gasteiger partial charge in [-0.25, -0.2) is 4.39 Å². The van der Waals surface area contributed by atoms with Crippen molar-refractivity contribution < 1.29 is 19.0 Å². The van der Waals surface area contributed by atoms with Gasteiger partial charge in [-0.2, -0.15) is 0 Å². The number of ether oxygens (including phenoxy) is 1. The van der Waals surface area contributed by atoms with Crippen molar-refractivity contribution >= 4 is 5.78 Å². The predicted molar refractivity (Wildman–Crippen MR) is 60.7 cm³/mol. The predicted octanol–water partition coefficient (Wildman–Crippen LogP) is 2.32. The Hall–Kier alpha value is -1.42. The molecule has 0 radical (unpaired) electrons. The third-order valence-corrected chi connectivity index (χ3v) is 3.02. The number of aliphatic hydroxyl groups excluding tert-OH is 1. The van der Waals surface area contributed by atoms with Crippen LogP contribution in [-0.4, -0.2) is 23.1 Å². The van der Waals surface area contributed by atoms with E-state index in [1.54, 1.807) is 0 Å². The van der Waals surface area contributed by atoms with Gasteiger partial charge in [0.05, 0.1) is 11.7 Å². The van der Waals surface area contributed by atoms with Gasteiger partial charge in [0.25, 0.3) is 0 Å². The molecule has 2 atom stereocenters. The van der Waals surface area contributed by atoms with Crippen LogP contribution in [0.15, 0.2) is 18.2 Å². The van der Waals surface area contributed by atoms with Crippen LogP contribution in [-0.2, 0) is 0 Å².